The van der Waals surface area contributed by atoms with E-state index in [-0.39, 0.29) is 48.1 Å². The Kier molecular flexibility index (Phi) is 13.1. The molecule has 5 aliphatic rings. The van der Waals surface area contributed by atoms with Crippen LogP contribution in [0.15, 0.2) is 12.2 Å². The van der Waals surface area contributed by atoms with E-state index in [0.717, 1.165) is 64.2 Å². The Labute approximate surface area is 311 Å². The van der Waals surface area contributed by atoms with Crippen LogP contribution in [0.3, 0.4) is 0 Å². The molecule has 0 radical (unpaired) electrons. The Balaban J connectivity index is 1.25. The molecular weight excluding hydrogens is 640 g/mol. The van der Waals surface area contributed by atoms with Crippen molar-refractivity contribution in [1.29, 1.82) is 0 Å². The van der Waals surface area contributed by atoms with Gasteiger partial charge in [0.1, 0.15) is 5.78 Å². The molecule has 5 aliphatic heterocycles. The molecule has 1 N–H and O–H groups in total. The summed E-state index contributed by atoms with van der Waals surface area (Å²) in [5.41, 5.74) is -1.24. The summed E-state index contributed by atoms with van der Waals surface area (Å²) in [7, 11) is 0. The van der Waals surface area contributed by atoms with Gasteiger partial charge in [0, 0.05) is 24.7 Å². The maximum Gasteiger partial charge on any atom is 0.193 e. The van der Waals surface area contributed by atoms with Crippen LogP contribution in [0, 0.1) is 47.3 Å². The van der Waals surface area contributed by atoms with Crippen LogP contribution < -0.4 is 0 Å². The molecule has 7 heteroatoms. The quantitative estimate of drug-likeness (QED) is 0.201. The topological polar surface area (TPSA) is 83.5 Å². The van der Waals surface area contributed by atoms with Crippen molar-refractivity contribution in [2.75, 3.05) is 0 Å². The number of hydrogen-bond acceptors (Lipinski definition) is 7. The predicted octanol–water partition coefficient (Wildman–Crippen LogP) is 9.82. The molecule has 0 aromatic carbocycles. The fraction of sp³-hybridized carbons (Fsp3) is 0.932. The van der Waals surface area contributed by atoms with Crippen molar-refractivity contribution in [2.45, 2.75) is 213 Å². The Morgan fingerprint density at radius 3 is 2.25 bits per heavy atom. The third-order valence-corrected chi connectivity index (χ3v) is 15.2. The molecule has 0 amide bonds. The lowest BCUT2D eigenvalue weighted by atomic mass is 9.70. The van der Waals surface area contributed by atoms with Crippen molar-refractivity contribution in [2.24, 2.45) is 47.3 Å². The van der Waals surface area contributed by atoms with E-state index in [1.807, 2.05) is 13.8 Å². The summed E-state index contributed by atoms with van der Waals surface area (Å²) in [6.45, 7) is 26.6. The fourth-order valence-electron chi connectivity index (χ4n) is 11.1. The zero-order chi connectivity index (χ0) is 37.5. The van der Waals surface area contributed by atoms with Gasteiger partial charge in [0.15, 0.2) is 11.6 Å². The normalized spacial score (nSPS) is 46.1. The number of carbonyl (C=O) groups is 1. The third kappa shape index (κ3) is 8.25. The maximum atomic E-state index is 12.4. The lowest BCUT2D eigenvalue weighted by Crippen LogP contribution is -2.59. The summed E-state index contributed by atoms with van der Waals surface area (Å²) >= 11 is 0. The predicted molar refractivity (Wildman–Crippen MR) is 203 cm³/mol. The number of ketones is 1. The molecule has 5 heterocycles. The van der Waals surface area contributed by atoms with Gasteiger partial charge in [-0.1, -0.05) is 74.8 Å². The number of hydrogen-bond donors (Lipinski definition) is 1. The van der Waals surface area contributed by atoms with Crippen molar-refractivity contribution in [3.63, 3.8) is 0 Å². The first-order valence-corrected chi connectivity index (χ1v) is 21.2. The lowest BCUT2D eigenvalue weighted by molar-refractivity contribution is -0.394. The summed E-state index contributed by atoms with van der Waals surface area (Å²) < 4.78 is 34.8. The summed E-state index contributed by atoms with van der Waals surface area (Å²) in [5.74, 6) is 1.63. The molecule has 51 heavy (non-hydrogen) atoms. The van der Waals surface area contributed by atoms with Crippen molar-refractivity contribution < 1.29 is 33.6 Å². The van der Waals surface area contributed by atoms with Crippen LogP contribution in [-0.4, -0.2) is 64.2 Å². The van der Waals surface area contributed by atoms with Crippen LogP contribution in [0.5, 0.6) is 0 Å². The fourth-order valence-corrected chi connectivity index (χ4v) is 11.1. The monoisotopic (exact) mass is 717 g/mol. The maximum absolute atomic E-state index is 12.4. The Morgan fingerprint density at radius 2 is 1.63 bits per heavy atom. The summed E-state index contributed by atoms with van der Waals surface area (Å²) in [5, 5.41) is 11.0. The minimum Gasteiger partial charge on any atom is -0.387 e. The van der Waals surface area contributed by atoms with Crippen LogP contribution in [0.1, 0.15) is 160 Å². The van der Waals surface area contributed by atoms with E-state index in [1.165, 1.54) is 0 Å². The van der Waals surface area contributed by atoms with E-state index in [2.05, 4.69) is 74.5 Å². The van der Waals surface area contributed by atoms with Gasteiger partial charge < -0.3 is 28.8 Å². The number of ether oxygens (including phenoxy) is 5. The highest BCUT2D eigenvalue weighted by atomic mass is 16.8. The summed E-state index contributed by atoms with van der Waals surface area (Å²) in [4.78, 5) is 12.4. The average molecular weight is 717 g/mol. The van der Waals surface area contributed by atoms with Gasteiger partial charge in [0.25, 0.3) is 0 Å². The summed E-state index contributed by atoms with van der Waals surface area (Å²) in [6.07, 6.45) is 15.2. The zero-order valence-corrected chi connectivity index (χ0v) is 34.5. The van der Waals surface area contributed by atoms with Crippen LogP contribution >= 0.6 is 0 Å². The van der Waals surface area contributed by atoms with Crippen LogP contribution in [-0.2, 0) is 28.5 Å². The SMILES string of the molecule is CCC(C(C)=O)[C@H]1CC[C@H](C)C([C@@H](C)C(C)C(C)C[C@H](CC)[C@H]2O[C@]3(C=CC[C@]4(CC[C@@](C)([C@H]5CC[C@](O)(CC)[C@H](C)O5)O4)O3)[C@H](C)C[C@@H]2C)O1. The average Bonchev–Trinajstić information content (AvgIpc) is 3.42. The Hall–Kier alpha value is -0.830. The molecule has 2 spiro atoms. The highest BCUT2D eigenvalue weighted by Crippen LogP contribution is 2.54. The minimum absolute atomic E-state index is 0.00858. The second kappa shape index (κ2) is 16.1. The largest absolute Gasteiger partial charge is 0.387 e. The molecule has 0 bridgehead atoms. The van der Waals surface area contributed by atoms with Gasteiger partial charge in [-0.3, -0.25) is 4.79 Å². The van der Waals surface area contributed by atoms with E-state index < -0.39 is 22.8 Å². The van der Waals surface area contributed by atoms with Gasteiger partial charge in [-0.25, -0.2) is 0 Å². The number of carbonyl (C=O) groups excluding carboxylic acids is 1. The number of Topliss-reactive ketones (excluding diaryl/α,β-unsaturated/α-hetero) is 1. The first-order valence-electron chi connectivity index (χ1n) is 21.2. The number of rotatable bonds is 12. The van der Waals surface area contributed by atoms with Crippen LogP contribution in [0.2, 0.25) is 0 Å². The third-order valence-electron chi connectivity index (χ3n) is 15.2. The molecule has 4 saturated heterocycles. The lowest BCUT2D eigenvalue weighted by Gasteiger charge is -2.53. The van der Waals surface area contributed by atoms with Crippen molar-refractivity contribution in [3.05, 3.63) is 12.2 Å². The van der Waals surface area contributed by atoms with Crippen molar-refractivity contribution in [3.8, 4) is 0 Å². The van der Waals surface area contributed by atoms with E-state index in [4.69, 9.17) is 23.7 Å². The zero-order valence-electron chi connectivity index (χ0n) is 34.5. The molecule has 17 atom stereocenters. The van der Waals surface area contributed by atoms with E-state index >= 15 is 0 Å². The van der Waals surface area contributed by atoms with Crippen molar-refractivity contribution >= 4 is 5.78 Å². The van der Waals surface area contributed by atoms with Gasteiger partial charge >= 0.3 is 0 Å². The Morgan fingerprint density at radius 1 is 0.902 bits per heavy atom. The molecule has 0 aromatic rings. The molecule has 294 valence electrons. The van der Waals surface area contributed by atoms with E-state index in [9.17, 15) is 9.90 Å². The van der Waals surface area contributed by atoms with Crippen LogP contribution in [0.25, 0.3) is 0 Å². The second-order valence-electron chi connectivity index (χ2n) is 18.6. The molecule has 5 rings (SSSR count). The van der Waals surface area contributed by atoms with Gasteiger partial charge in [-0.05, 0) is 120 Å². The molecule has 7 nitrogen and oxygen atoms in total. The molecule has 0 aliphatic carbocycles. The van der Waals surface area contributed by atoms with Crippen LogP contribution in [0.4, 0.5) is 0 Å². The molecule has 0 aromatic heterocycles. The summed E-state index contributed by atoms with van der Waals surface area (Å²) in [6, 6.07) is 0. The van der Waals surface area contributed by atoms with Gasteiger partial charge in [0.2, 0.25) is 0 Å². The van der Waals surface area contributed by atoms with E-state index in [1.54, 1.807) is 6.92 Å². The van der Waals surface area contributed by atoms with E-state index in [0.29, 0.717) is 48.3 Å². The van der Waals surface area contributed by atoms with Crippen molar-refractivity contribution in [1.82, 2.24) is 0 Å². The van der Waals surface area contributed by atoms with Gasteiger partial charge in [0.05, 0.1) is 41.7 Å². The minimum atomic E-state index is -0.813. The molecule has 0 saturated carbocycles. The highest BCUT2D eigenvalue weighted by molar-refractivity contribution is 5.78. The van der Waals surface area contributed by atoms with Gasteiger partial charge in [-0.2, -0.15) is 0 Å². The molecule has 4 fully saturated rings. The first kappa shape index (κ1) is 41.3. The smallest absolute Gasteiger partial charge is 0.193 e. The second-order valence-corrected chi connectivity index (χ2v) is 18.6. The molecule has 4 unspecified atom stereocenters. The van der Waals surface area contributed by atoms with Gasteiger partial charge in [-0.15, -0.1) is 0 Å². The Bertz CT molecular complexity index is 1210. The first-order chi connectivity index (χ1) is 24.0. The molecular formula is C44H76O7. The number of aliphatic hydroxyl groups is 1. The standard InChI is InChI=1S/C44H76O7/c1-13-35(26-28(5)31(8)32(9)39-27(4)17-18-37(48-39)36(14-2)33(10)45)40-29(6)25-30(7)44(49-40)21-16-20-43(51-44)24-23-41(12,50-43)38-19-22-42(46,15-3)34(11)47-38/h16,21,27-32,34-40,46H,13-15,17-20,22-26H2,1-12H3/t27-,28?,29-,30+,31?,32-,34-,35-,36?,37+,38+,39?,40-,41-,42+,43+,44-/m0/s1. The highest BCUT2D eigenvalue weighted by Gasteiger charge is 2.60.